The Morgan fingerprint density at radius 3 is 2.75 bits per heavy atom. The van der Waals surface area contributed by atoms with Crippen molar-refractivity contribution in [3.63, 3.8) is 0 Å². The van der Waals surface area contributed by atoms with Gasteiger partial charge in [-0.15, -0.1) is 0 Å². The van der Waals surface area contributed by atoms with Gasteiger partial charge < -0.3 is 19.3 Å². The number of carbonyl (C=O) groups is 2. The summed E-state index contributed by atoms with van der Waals surface area (Å²) in [5.74, 6) is 1.38. The highest BCUT2D eigenvalue weighted by Gasteiger charge is 2.23. The van der Waals surface area contributed by atoms with Crippen molar-refractivity contribution in [2.24, 2.45) is 5.10 Å². The maximum atomic E-state index is 12.5. The highest BCUT2D eigenvalue weighted by atomic mass is 32.2. The van der Waals surface area contributed by atoms with E-state index in [1.807, 2.05) is 24.3 Å². The van der Waals surface area contributed by atoms with E-state index in [0.717, 1.165) is 16.8 Å². The van der Waals surface area contributed by atoms with Gasteiger partial charge in [0.25, 0.3) is 5.91 Å². The number of ether oxygens (including phenoxy) is 2. The summed E-state index contributed by atoms with van der Waals surface area (Å²) in [5, 5.41) is 12.1. The number of anilines is 1. The first-order chi connectivity index (χ1) is 15.6. The van der Waals surface area contributed by atoms with Crippen molar-refractivity contribution in [2.75, 3.05) is 25.3 Å². The number of amides is 2. The fraction of sp³-hybridized carbons (Fsp3) is 0.182. The standard InChI is InChI=1S/C22H20N4O5S/c1-29-18-7-6-15(11-20(18)30-2)17-13-32-22(28)26(25-17)12-14-4-3-5-16(10-14)24-21(27)19-8-9-23-31-19/h3-11H,12-13H2,1-2H3,(H,24,27). The lowest BCUT2D eigenvalue weighted by atomic mass is 10.1. The van der Waals surface area contributed by atoms with Gasteiger partial charge in [0.1, 0.15) is 0 Å². The molecule has 1 aliphatic rings. The third kappa shape index (κ3) is 4.75. The molecule has 0 saturated heterocycles. The molecule has 4 rings (SSSR count). The molecule has 0 unspecified atom stereocenters. The van der Waals surface area contributed by atoms with Gasteiger partial charge in [-0.2, -0.15) is 5.10 Å². The van der Waals surface area contributed by atoms with Crippen LogP contribution in [0.3, 0.4) is 0 Å². The Bertz CT molecular complexity index is 1160. The first-order valence-electron chi connectivity index (χ1n) is 9.62. The molecule has 9 nitrogen and oxygen atoms in total. The third-order valence-electron chi connectivity index (χ3n) is 4.68. The zero-order chi connectivity index (χ0) is 22.5. The molecule has 10 heteroatoms. The minimum atomic E-state index is -0.405. The summed E-state index contributed by atoms with van der Waals surface area (Å²) < 4.78 is 15.5. The smallest absolute Gasteiger partial charge is 0.302 e. The topological polar surface area (TPSA) is 106 Å². The molecular formula is C22H20N4O5S. The van der Waals surface area contributed by atoms with Crippen LogP contribution in [0.25, 0.3) is 0 Å². The van der Waals surface area contributed by atoms with Gasteiger partial charge in [-0.05, 0) is 35.9 Å². The van der Waals surface area contributed by atoms with Crippen LogP contribution < -0.4 is 14.8 Å². The number of rotatable bonds is 7. The average Bonchev–Trinajstić information content (AvgIpc) is 3.35. The first-order valence-corrected chi connectivity index (χ1v) is 10.6. The molecule has 0 aliphatic carbocycles. The lowest BCUT2D eigenvalue weighted by molar-refractivity contribution is 0.0988. The summed E-state index contributed by atoms with van der Waals surface area (Å²) in [7, 11) is 3.15. The molecule has 0 spiro atoms. The second-order valence-corrected chi connectivity index (χ2v) is 7.69. The number of thioether (sulfide) groups is 1. The summed E-state index contributed by atoms with van der Waals surface area (Å²) in [5.41, 5.74) is 2.99. The molecule has 32 heavy (non-hydrogen) atoms. The zero-order valence-electron chi connectivity index (χ0n) is 17.4. The monoisotopic (exact) mass is 452 g/mol. The van der Waals surface area contributed by atoms with Gasteiger partial charge in [-0.25, -0.2) is 5.01 Å². The fourth-order valence-corrected chi connectivity index (χ4v) is 3.86. The largest absolute Gasteiger partial charge is 0.493 e. The lowest BCUT2D eigenvalue weighted by Gasteiger charge is -2.23. The van der Waals surface area contributed by atoms with Crippen molar-refractivity contribution >= 4 is 34.3 Å². The fourth-order valence-electron chi connectivity index (χ4n) is 3.12. The second-order valence-electron chi connectivity index (χ2n) is 6.76. The Hall–Kier alpha value is -3.79. The van der Waals surface area contributed by atoms with Gasteiger partial charge >= 0.3 is 5.24 Å². The number of nitrogens with one attached hydrogen (secondary N) is 1. The molecule has 0 radical (unpaired) electrons. The van der Waals surface area contributed by atoms with E-state index in [-0.39, 0.29) is 17.5 Å². The van der Waals surface area contributed by atoms with Gasteiger partial charge in [0.2, 0.25) is 5.76 Å². The Kier molecular flexibility index (Phi) is 6.41. The number of hydrazone groups is 1. The minimum Gasteiger partial charge on any atom is -0.493 e. The van der Waals surface area contributed by atoms with Gasteiger partial charge in [-0.3, -0.25) is 9.59 Å². The van der Waals surface area contributed by atoms with Gasteiger partial charge in [-0.1, -0.05) is 29.1 Å². The van der Waals surface area contributed by atoms with Gasteiger partial charge in [0.05, 0.1) is 32.7 Å². The Labute approximate surface area is 188 Å². The number of aromatic nitrogens is 1. The summed E-state index contributed by atoms with van der Waals surface area (Å²) in [6.07, 6.45) is 1.40. The number of carbonyl (C=O) groups excluding carboxylic acids is 2. The van der Waals surface area contributed by atoms with Crippen LogP contribution in [0.5, 0.6) is 11.5 Å². The van der Waals surface area contributed by atoms with Crippen LogP contribution in [0.4, 0.5) is 10.5 Å². The number of benzene rings is 2. The molecule has 1 aromatic heterocycles. The molecular weight excluding hydrogens is 432 g/mol. The molecule has 3 aromatic rings. The van der Waals surface area contributed by atoms with E-state index in [0.29, 0.717) is 22.9 Å². The van der Waals surface area contributed by atoms with E-state index < -0.39 is 5.91 Å². The van der Waals surface area contributed by atoms with Crippen molar-refractivity contribution < 1.29 is 23.6 Å². The van der Waals surface area contributed by atoms with Crippen LogP contribution in [0.15, 0.2) is 64.4 Å². The average molecular weight is 452 g/mol. The third-order valence-corrected chi connectivity index (χ3v) is 5.56. The zero-order valence-corrected chi connectivity index (χ0v) is 18.2. The van der Waals surface area contributed by atoms with E-state index in [1.165, 1.54) is 29.0 Å². The van der Waals surface area contributed by atoms with E-state index in [1.54, 1.807) is 32.4 Å². The molecule has 2 aromatic carbocycles. The summed E-state index contributed by atoms with van der Waals surface area (Å²) >= 11 is 1.18. The van der Waals surface area contributed by atoms with Crippen molar-refractivity contribution in [2.45, 2.75) is 6.54 Å². The molecule has 0 fully saturated rings. The molecule has 0 atom stereocenters. The van der Waals surface area contributed by atoms with E-state index in [2.05, 4.69) is 15.6 Å². The summed E-state index contributed by atoms with van der Waals surface area (Å²) in [6, 6.07) is 14.2. The van der Waals surface area contributed by atoms with Crippen LogP contribution >= 0.6 is 11.8 Å². The molecule has 164 valence electrons. The van der Waals surface area contributed by atoms with E-state index in [9.17, 15) is 9.59 Å². The number of hydrogen-bond acceptors (Lipinski definition) is 8. The van der Waals surface area contributed by atoms with Crippen LogP contribution in [0, 0.1) is 0 Å². The predicted molar refractivity (Wildman–Crippen MR) is 120 cm³/mol. The molecule has 0 saturated carbocycles. The quantitative estimate of drug-likeness (QED) is 0.577. The van der Waals surface area contributed by atoms with Gasteiger partial charge in [0.15, 0.2) is 11.5 Å². The lowest BCUT2D eigenvalue weighted by Crippen LogP contribution is -2.29. The molecule has 0 bridgehead atoms. The van der Waals surface area contributed by atoms with Crippen molar-refractivity contribution in [1.29, 1.82) is 0 Å². The van der Waals surface area contributed by atoms with E-state index in [4.69, 9.17) is 14.0 Å². The van der Waals surface area contributed by atoms with Gasteiger partial charge in [0, 0.05) is 23.1 Å². The van der Waals surface area contributed by atoms with Crippen LogP contribution in [0.1, 0.15) is 21.7 Å². The van der Waals surface area contributed by atoms with Crippen LogP contribution in [0.2, 0.25) is 0 Å². The van der Waals surface area contributed by atoms with Crippen molar-refractivity contribution in [1.82, 2.24) is 10.2 Å². The second kappa shape index (κ2) is 9.56. The van der Waals surface area contributed by atoms with Crippen LogP contribution in [-0.2, 0) is 6.54 Å². The minimum absolute atomic E-state index is 0.113. The first kappa shape index (κ1) is 21.4. The SMILES string of the molecule is COc1ccc(C2=NN(Cc3cccc(NC(=O)c4ccno4)c3)C(=O)SC2)cc1OC. The van der Waals surface area contributed by atoms with E-state index >= 15 is 0 Å². The number of hydrogen-bond donors (Lipinski definition) is 1. The van der Waals surface area contributed by atoms with Crippen molar-refractivity contribution in [3.05, 3.63) is 71.6 Å². The maximum Gasteiger partial charge on any atom is 0.302 e. The summed E-state index contributed by atoms with van der Waals surface area (Å²) in [4.78, 5) is 24.6. The molecule has 1 aliphatic heterocycles. The highest BCUT2D eigenvalue weighted by Crippen LogP contribution is 2.30. The Morgan fingerprint density at radius 1 is 1.16 bits per heavy atom. The van der Waals surface area contributed by atoms with Crippen molar-refractivity contribution in [3.8, 4) is 11.5 Å². The normalized spacial score (nSPS) is 13.5. The maximum absolute atomic E-state index is 12.5. The number of methoxy groups -OCH3 is 2. The molecule has 2 heterocycles. The predicted octanol–water partition coefficient (Wildman–Crippen LogP) is 4.02. The summed E-state index contributed by atoms with van der Waals surface area (Å²) in [6.45, 7) is 0.259. The highest BCUT2D eigenvalue weighted by molar-refractivity contribution is 8.14. The Balaban J connectivity index is 1.52. The van der Waals surface area contributed by atoms with Crippen LogP contribution in [-0.4, -0.2) is 47.0 Å². The Morgan fingerprint density at radius 2 is 2.00 bits per heavy atom. The molecule has 2 amide bonds. The number of nitrogens with zero attached hydrogens (tertiary/aromatic N) is 3. The molecule has 1 N–H and O–H groups in total.